The number of sulfonamides is 1. The molecule has 0 radical (unpaired) electrons. The van der Waals surface area contributed by atoms with Gasteiger partial charge in [-0.1, -0.05) is 0 Å². The first-order valence-corrected chi connectivity index (χ1v) is 9.45. The fourth-order valence-electron chi connectivity index (χ4n) is 2.67. The molecule has 0 unspecified atom stereocenters. The SMILES string of the molecule is CC(=O)N(c1ccc(NS(=O)(=O)c2ccc(F)c(C)c2)cc1)C1CC1. The van der Waals surface area contributed by atoms with E-state index in [1.165, 1.54) is 26.0 Å². The summed E-state index contributed by atoms with van der Waals surface area (Å²) >= 11 is 0. The first-order chi connectivity index (χ1) is 11.8. The van der Waals surface area contributed by atoms with Crippen LogP contribution in [0.5, 0.6) is 0 Å². The van der Waals surface area contributed by atoms with E-state index in [1.54, 1.807) is 29.2 Å². The summed E-state index contributed by atoms with van der Waals surface area (Å²) in [5.74, 6) is -0.481. The Morgan fingerprint density at radius 1 is 1.16 bits per heavy atom. The van der Waals surface area contributed by atoms with Crippen LogP contribution in [0.3, 0.4) is 0 Å². The number of benzene rings is 2. The van der Waals surface area contributed by atoms with E-state index in [4.69, 9.17) is 0 Å². The minimum Gasteiger partial charge on any atom is -0.310 e. The van der Waals surface area contributed by atoms with Crippen LogP contribution < -0.4 is 9.62 Å². The van der Waals surface area contributed by atoms with E-state index in [-0.39, 0.29) is 22.4 Å². The molecule has 5 nitrogen and oxygen atoms in total. The summed E-state index contributed by atoms with van der Waals surface area (Å²) in [5, 5.41) is 0. The van der Waals surface area contributed by atoms with Crippen LogP contribution in [0.1, 0.15) is 25.3 Å². The van der Waals surface area contributed by atoms with Crippen molar-refractivity contribution in [1.82, 2.24) is 0 Å². The Hall–Kier alpha value is -2.41. The van der Waals surface area contributed by atoms with Gasteiger partial charge in [0.25, 0.3) is 10.0 Å². The second kappa shape index (κ2) is 6.48. The number of carbonyl (C=O) groups is 1. The van der Waals surface area contributed by atoms with Crippen molar-refractivity contribution >= 4 is 27.3 Å². The predicted molar refractivity (Wildman–Crippen MR) is 94.6 cm³/mol. The third kappa shape index (κ3) is 3.82. The van der Waals surface area contributed by atoms with Gasteiger partial charge in [-0.05, 0) is 67.8 Å². The standard InChI is InChI=1S/C18H19FN2O3S/c1-12-11-17(9-10-18(12)19)25(23,24)20-14-3-5-15(6-4-14)21(13(2)22)16-7-8-16/h3-6,9-11,16,20H,7-8H2,1-2H3. The molecule has 25 heavy (non-hydrogen) atoms. The third-order valence-corrected chi connectivity index (χ3v) is 5.47. The molecule has 1 fully saturated rings. The second-order valence-corrected chi connectivity index (χ2v) is 7.87. The van der Waals surface area contributed by atoms with Crippen molar-refractivity contribution < 1.29 is 17.6 Å². The zero-order valence-corrected chi connectivity index (χ0v) is 14.8. The number of hydrogen-bond acceptors (Lipinski definition) is 3. The molecule has 0 bridgehead atoms. The van der Waals surface area contributed by atoms with Crippen LogP contribution in [-0.4, -0.2) is 20.4 Å². The lowest BCUT2D eigenvalue weighted by Crippen LogP contribution is -2.30. The number of aryl methyl sites for hydroxylation is 1. The predicted octanol–water partition coefficient (Wildman–Crippen LogP) is 3.45. The van der Waals surface area contributed by atoms with Gasteiger partial charge in [-0.2, -0.15) is 0 Å². The molecule has 1 amide bonds. The van der Waals surface area contributed by atoms with Crippen LogP contribution in [0, 0.1) is 12.7 Å². The van der Waals surface area contributed by atoms with Gasteiger partial charge >= 0.3 is 0 Å². The molecule has 1 saturated carbocycles. The summed E-state index contributed by atoms with van der Waals surface area (Å²) in [4.78, 5) is 13.5. The zero-order valence-electron chi connectivity index (χ0n) is 14.0. The first kappa shape index (κ1) is 17.4. The van der Waals surface area contributed by atoms with Gasteiger partial charge in [-0.25, -0.2) is 12.8 Å². The fraction of sp³-hybridized carbons (Fsp3) is 0.278. The molecule has 0 aliphatic heterocycles. The largest absolute Gasteiger partial charge is 0.310 e. The van der Waals surface area contributed by atoms with Gasteiger partial charge in [0.05, 0.1) is 4.90 Å². The Morgan fingerprint density at radius 2 is 1.80 bits per heavy atom. The van der Waals surface area contributed by atoms with Gasteiger partial charge in [-0.15, -0.1) is 0 Å². The van der Waals surface area contributed by atoms with Gasteiger partial charge in [0.1, 0.15) is 5.82 Å². The van der Waals surface area contributed by atoms with E-state index in [9.17, 15) is 17.6 Å². The molecule has 1 aliphatic rings. The summed E-state index contributed by atoms with van der Waals surface area (Å²) in [5.41, 5.74) is 1.39. The van der Waals surface area contributed by atoms with E-state index in [0.29, 0.717) is 5.69 Å². The number of rotatable bonds is 5. The Labute approximate surface area is 146 Å². The van der Waals surface area contributed by atoms with Crippen molar-refractivity contribution in [3.05, 3.63) is 53.8 Å². The number of anilines is 2. The van der Waals surface area contributed by atoms with Crippen molar-refractivity contribution in [3.8, 4) is 0 Å². The number of nitrogens with one attached hydrogen (secondary N) is 1. The molecule has 1 aliphatic carbocycles. The molecule has 0 spiro atoms. The third-order valence-electron chi connectivity index (χ3n) is 4.09. The van der Waals surface area contributed by atoms with E-state index in [0.717, 1.165) is 24.6 Å². The molecule has 0 heterocycles. The van der Waals surface area contributed by atoms with E-state index >= 15 is 0 Å². The van der Waals surface area contributed by atoms with Crippen molar-refractivity contribution in [2.75, 3.05) is 9.62 Å². The summed E-state index contributed by atoms with van der Waals surface area (Å²) in [7, 11) is -3.80. The minimum atomic E-state index is -3.80. The molecule has 0 saturated heterocycles. The molecule has 0 aromatic heterocycles. The average molecular weight is 362 g/mol. The number of carbonyl (C=O) groups excluding carboxylic acids is 1. The maximum absolute atomic E-state index is 13.3. The number of hydrogen-bond donors (Lipinski definition) is 1. The van der Waals surface area contributed by atoms with Crippen LogP contribution in [0.4, 0.5) is 15.8 Å². The van der Waals surface area contributed by atoms with Crippen LogP contribution in [-0.2, 0) is 14.8 Å². The Bertz CT molecular complexity index is 906. The van der Waals surface area contributed by atoms with Gasteiger partial charge in [0.15, 0.2) is 0 Å². The van der Waals surface area contributed by atoms with E-state index < -0.39 is 15.8 Å². The lowest BCUT2D eigenvalue weighted by atomic mass is 10.2. The van der Waals surface area contributed by atoms with Crippen LogP contribution in [0.2, 0.25) is 0 Å². The zero-order chi connectivity index (χ0) is 18.2. The van der Waals surface area contributed by atoms with Gasteiger partial charge in [0.2, 0.25) is 5.91 Å². The van der Waals surface area contributed by atoms with E-state index in [2.05, 4.69) is 4.72 Å². The van der Waals surface area contributed by atoms with Crippen molar-refractivity contribution in [2.45, 2.75) is 37.6 Å². The van der Waals surface area contributed by atoms with Crippen molar-refractivity contribution in [3.63, 3.8) is 0 Å². The second-order valence-electron chi connectivity index (χ2n) is 6.18. The highest BCUT2D eigenvalue weighted by molar-refractivity contribution is 7.92. The topological polar surface area (TPSA) is 66.5 Å². The summed E-state index contributed by atoms with van der Waals surface area (Å²) in [6.07, 6.45) is 1.97. The highest BCUT2D eigenvalue weighted by Crippen LogP contribution is 2.32. The summed E-state index contributed by atoms with van der Waals surface area (Å²) in [6, 6.07) is 10.5. The maximum Gasteiger partial charge on any atom is 0.261 e. The fourth-order valence-corrected chi connectivity index (χ4v) is 3.81. The normalized spacial score (nSPS) is 14.2. The smallest absolute Gasteiger partial charge is 0.261 e. The number of halogens is 1. The lowest BCUT2D eigenvalue weighted by molar-refractivity contribution is -0.116. The highest BCUT2D eigenvalue weighted by Gasteiger charge is 2.31. The van der Waals surface area contributed by atoms with Gasteiger partial charge in [0, 0.05) is 24.3 Å². The Morgan fingerprint density at radius 3 is 2.32 bits per heavy atom. The molecule has 0 atom stereocenters. The molecule has 3 rings (SSSR count). The van der Waals surface area contributed by atoms with Crippen LogP contribution in [0.15, 0.2) is 47.4 Å². The van der Waals surface area contributed by atoms with Gasteiger partial charge < -0.3 is 4.90 Å². The minimum absolute atomic E-state index is 0.00109. The number of nitrogens with zero attached hydrogens (tertiary/aromatic N) is 1. The molecule has 2 aromatic carbocycles. The lowest BCUT2D eigenvalue weighted by Gasteiger charge is -2.21. The first-order valence-electron chi connectivity index (χ1n) is 7.97. The van der Waals surface area contributed by atoms with Crippen LogP contribution in [0.25, 0.3) is 0 Å². The highest BCUT2D eigenvalue weighted by atomic mass is 32.2. The maximum atomic E-state index is 13.3. The summed E-state index contributed by atoms with van der Waals surface area (Å²) < 4.78 is 40.6. The molecule has 7 heteroatoms. The molecule has 2 aromatic rings. The monoisotopic (exact) mass is 362 g/mol. The van der Waals surface area contributed by atoms with Gasteiger partial charge in [-0.3, -0.25) is 9.52 Å². The Kier molecular flexibility index (Phi) is 4.51. The van der Waals surface area contributed by atoms with Crippen molar-refractivity contribution in [2.24, 2.45) is 0 Å². The molecule has 132 valence electrons. The van der Waals surface area contributed by atoms with Crippen LogP contribution >= 0.6 is 0 Å². The van der Waals surface area contributed by atoms with Crippen molar-refractivity contribution in [1.29, 1.82) is 0 Å². The molecule has 1 N–H and O–H groups in total. The quantitative estimate of drug-likeness (QED) is 0.886. The average Bonchev–Trinajstić information content (AvgIpc) is 3.36. The number of amides is 1. The molecular formula is C18H19FN2O3S. The molecular weight excluding hydrogens is 343 g/mol. The summed E-state index contributed by atoms with van der Waals surface area (Å²) in [6.45, 7) is 3.03. The Balaban J connectivity index is 1.80. The van der Waals surface area contributed by atoms with E-state index in [1.807, 2.05) is 0 Å².